The maximum atomic E-state index is 13.4. The summed E-state index contributed by atoms with van der Waals surface area (Å²) in [6, 6.07) is 16.8. The molecule has 29 heavy (non-hydrogen) atoms. The van der Waals surface area contributed by atoms with E-state index in [1.54, 1.807) is 6.26 Å². The number of rotatable bonds is 4. The minimum atomic E-state index is -0.995. The Bertz CT molecular complexity index is 1080. The molecule has 1 aliphatic heterocycles. The zero-order valence-corrected chi connectivity index (χ0v) is 18.7. The number of hydrogen-bond donors (Lipinski definition) is 0. The number of aryl methyl sites for hydroxylation is 1. The average Bonchev–Trinajstić information content (AvgIpc) is 3.05. The first-order valence-corrected chi connectivity index (χ1v) is 12.4. The fraction of sp³-hybridized carbons (Fsp3) is 0.348. The number of nitrogens with zero attached hydrogens (tertiary/aromatic N) is 2. The van der Waals surface area contributed by atoms with Gasteiger partial charge in [0.15, 0.2) is 0 Å². The van der Waals surface area contributed by atoms with Gasteiger partial charge in [-0.1, -0.05) is 30.3 Å². The number of hydrogen-bond acceptors (Lipinski definition) is 4. The standard InChI is InChI=1S/C23H26N2O2S2/c1-16-7-6-8-18(13-16)25-12-11-24(14-17(25)2)23(26)22-20(15-29(3)27)19-9-4-5-10-21(19)28-22/h4-10,13,17H,11-12,14-15H2,1-3H3. The van der Waals surface area contributed by atoms with Crippen molar-refractivity contribution < 1.29 is 9.00 Å². The van der Waals surface area contributed by atoms with Gasteiger partial charge >= 0.3 is 0 Å². The lowest BCUT2D eigenvalue weighted by molar-refractivity contribution is 0.0730. The lowest BCUT2D eigenvalue weighted by Gasteiger charge is -2.41. The van der Waals surface area contributed by atoms with Crippen molar-refractivity contribution >= 4 is 43.8 Å². The number of carbonyl (C=O) groups is 1. The summed E-state index contributed by atoms with van der Waals surface area (Å²) in [4.78, 5) is 18.5. The second-order valence-corrected chi connectivity index (χ2v) is 10.2. The molecule has 1 aliphatic rings. The van der Waals surface area contributed by atoms with Gasteiger partial charge in [0, 0.05) is 53.1 Å². The first-order chi connectivity index (χ1) is 13.9. The molecule has 1 aromatic heterocycles. The highest BCUT2D eigenvalue weighted by Gasteiger charge is 2.30. The quantitative estimate of drug-likeness (QED) is 0.619. The zero-order valence-electron chi connectivity index (χ0n) is 17.1. The van der Waals surface area contributed by atoms with Crippen molar-refractivity contribution in [3.63, 3.8) is 0 Å². The Morgan fingerprint density at radius 1 is 1.17 bits per heavy atom. The molecular formula is C23H26N2O2S2. The van der Waals surface area contributed by atoms with Crippen LogP contribution in [0.25, 0.3) is 10.1 Å². The second kappa shape index (κ2) is 8.28. The van der Waals surface area contributed by atoms with E-state index < -0.39 is 10.8 Å². The van der Waals surface area contributed by atoms with Crippen molar-refractivity contribution in [3.05, 3.63) is 64.5 Å². The van der Waals surface area contributed by atoms with Crippen molar-refractivity contribution in [2.24, 2.45) is 0 Å². The molecule has 2 atom stereocenters. The van der Waals surface area contributed by atoms with Crippen LogP contribution in [0.5, 0.6) is 0 Å². The molecule has 0 radical (unpaired) electrons. The van der Waals surface area contributed by atoms with E-state index in [1.165, 1.54) is 22.6 Å². The van der Waals surface area contributed by atoms with Crippen LogP contribution in [0.15, 0.2) is 48.5 Å². The van der Waals surface area contributed by atoms with E-state index in [9.17, 15) is 9.00 Å². The Kier molecular flexibility index (Phi) is 5.74. The van der Waals surface area contributed by atoms with Crippen molar-refractivity contribution in [1.82, 2.24) is 4.90 Å². The van der Waals surface area contributed by atoms with E-state index in [4.69, 9.17) is 0 Å². The van der Waals surface area contributed by atoms with E-state index in [0.29, 0.717) is 18.8 Å². The van der Waals surface area contributed by atoms with Crippen LogP contribution in [-0.4, -0.2) is 46.9 Å². The molecule has 0 spiro atoms. The van der Waals surface area contributed by atoms with Gasteiger partial charge in [0.2, 0.25) is 0 Å². The predicted octanol–water partition coefficient (Wildman–Crippen LogP) is 4.44. The average molecular weight is 427 g/mol. The molecular weight excluding hydrogens is 400 g/mol. The first kappa shape index (κ1) is 20.1. The van der Waals surface area contributed by atoms with E-state index in [2.05, 4.69) is 43.0 Å². The fourth-order valence-corrected chi connectivity index (χ4v) is 6.08. The van der Waals surface area contributed by atoms with Gasteiger partial charge < -0.3 is 9.80 Å². The third kappa shape index (κ3) is 4.09. The zero-order chi connectivity index (χ0) is 20.5. The number of piperazine rings is 1. The lowest BCUT2D eigenvalue weighted by atomic mass is 10.1. The van der Waals surface area contributed by atoms with E-state index in [0.717, 1.165) is 27.1 Å². The number of thiophene rings is 1. The molecule has 0 bridgehead atoms. The summed E-state index contributed by atoms with van der Waals surface area (Å²) in [5.41, 5.74) is 3.40. The van der Waals surface area contributed by atoms with Gasteiger partial charge in [0.25, 0.3) is 5.91 Å². The minimum absolute atomic E-state index is 0.0717. The molecule has 2 aromatic carbocycles. The van der Waals surface area contributed by atoms with Gasteiger partial charge in [-0.3, -0.25) is 9.00 Å². The lowest BCUT2D eigenvalue weighted by Crippen LogP contribution is -2.53. The molecule has 1 fully saturated rings. The molecule has 2 unspecified atom stereocenters. The van der Waals surface area contributed by atoms with Gasteiger partial charge in [-0.2, -0.15) is 0 Å². The number of fused-ring (bicyclic) bond motifs is 1. The van der Waals surface area contributed by atoms with Crippen LogP contribution in [0.3, 0.4) is 0 Å². The fourth-order valence-electron chi connectivity index (χ4n) is 4.09. The van der Waals surface area contributed by atoms with E-state index in [1.807, 2.05) is 29.2 Å². The smallest absolute Gasteiger partial charge is 0.264 e. The van der Waals surface area contributed by atoms with Crippen molar-refractivity contribution in [2.45, 2.75) is 25.6 Å². The van der Waals surface area contributed by atoms with Crippen molar-refractivity contribution in [1.29, 1.82) is 0 Å². The highest BCUT2D eigenvalue weighted by atomic mass is 32.2. The summed E-state index contributed by atoms with van der Waals surface area (Å²) in [6.07, 6.45) is 1.70. The van der Waals surface area contributed by atoms with Crippen molar-refractivity contribution in [2.75, 3.05) is 30.8 Å². The Hall–Kier alpha value is -2.18. The summed E-state index contributed by atoms with van der Waals surface area (Å²) >= 11 is 1.53. The van der Waals surface area contributed by atoms with Crippen LogP contribution < -0.4 is 4.90 Å². The number of anilines is 1. The molecule has 2 heterocycles. The summed E-state index contributed by atoms with van der Waals surface area (Å²) in [5, 5.41) is 1.06. The molecule has 4 nitrogen and oxygen atoms in total. The van der Waals surface area contributed by atoms with Gasteiger partial charge in [-0.25, -0.2) is 0 Å². The summed E-state index contributed by atoms with van der Waals surface area (Å²) < 4.78 is 13.1. The number of benzene rings is 2. The number of carbonyl (C=O) groups excluding carboxylic acids is 1. The van der Waals surface area contributed by atoms with Crippen LogP contribution in [-0.2, 0) is 16.6 Å². The largest absolute Gasteiger partial charge is 0.365 e. The van der Waals surface area contributed by atoms with Gasteiger partial charge in [0.05, 0.1) is 10.6 Å². The molecule has 6 heteroatoms. The van der Waals surface area contributed by atoms with Crippen LogP contribution in [0.1, 0.15) is 27.7 Å². The monoisotopic (exact) mass is 426 g/mol. The molecule has 0 N–H and O–H groups in total. The molecule has 0 saturated carbocycles. The second-order valence-electron chi connectivity index (χ2n) is 7.76. The Morgan fingerprint density at radius 3 is 2.69 bits per heavy atom. The molecule has 1 saturated heterocycles. The highest BCUT2D eigenvalue weighted by molar-refractivity contribution is 7.83. The summed E-state index contributed by atoms with van der Waals surface area (Å²) in [5.74, 6) is 0.492. The molecule has 152 valence electrons. The van der Waals surface area contributed by atoms with Crippen LogP contribution >= 0.6 is 11.3 Å². The summed E-state index contributed by atoms with van der Waals surface area (Å²) in [6.45, 7) is 6.48. The summed E-state index contributed by atoms with van der Waals surface area (Å²) in [7, 11) is -0.995. The maximum absolute atomic E-state index is 13.4. The third-order valence-corrected chi connectivity index (χ3v) is 7.38. The van der Waals surface area contributed by atoms with Gasteiger partial charge in [-0.15, -0.1) is 11.3 Å². The number of amides is 1. The Labute approximate surface area is 178 Å². The third-order valence-electron chi connectivity index (χ3n) is 5.49. The predicted molar refractivity (Wildman–Crippen MR) is 123 cm³/mol. The van der Waals surface area contributed by atoms with Crippen molar-refractivity contribution in [3.8, 4) is 0 Å². The minimum Gasteiger partial charge on any atom is -0.365 e. The van der Waals surface area contributed by atoms with Crippen LogP contribution in [0.4, 0.5) is 5.69 Å². The first-order valence-electron chi connectivity index (χ1n) is 9.87. The Morgan fingerprint density at radius 2 is 1.97 bits per heavy atom. The normalized spacial score (nSPS) is 18.2. The molecule has 3 aromatic rings. The van der Waals surface area contributed by atoms with E-state index in [-0.39, 0.29) is 11.9 Å². The Balaban J connectivity index is 1.59. The molecule has 4 rings (SSSR count). The topological polar surface area (TPSA) is 40.6 Å². The molecule has 0 aliphatic carbocycles. The SMILES string of the molecule is Cc1cccc(N2CCN(C(=O)c3sc4ccccc4c3CS(C)=O)CC2C)c1. The van der Waals surface area contributed by atoms with Crippen LogP contribution in [0, 0.1) is 6.92 Å². The molecule has 1 amide bonds. The van der Waals surface area contributed by atoms with Gasteiger partial charge in [0.1, 0.15) is 0 Å². The highest BCUT2D eigenvalue weighted by Crippen LogP contribution is 2.34. The van der Waals surface area contributed by atoms with Gasteiger partial charge in [-0.05, 0) is 48.6 Å². The van der Waals surface area contributed by atoms with E-state index >= 15 is 0 Å². The van der Waals surface area contributed by atoms with Crippen LogP contribution in [0.2, 0.25) is 0 Å². The maximum Gasteiger partial charge on any atom is 0.264 e.